The van der Waals surface area contributed by atoms with Gasteiger partial charge in [0.1, 0.15) is 0 Å². The number of nitrogens with zero attached hydrogens (tertiary/aromatic N) is 1. The van der Waals surface area contributed by atoms with Gasteiger partial charge in [0.15, 0.2) is 23.3 Å². The van der Waals surface area contributed by atoms with Gasteiger partial charge in [0.25, 0.3) is 0 Å². The number of aliphatic hydroxyl groups is 1. The Kier molecular flexibility index (Phi) is 3.15. The quantitative estimate of drug-likeness (QED) is 0.733. The summed E-state index contributed by atoms with van der Waals surface area (Å²) in [6.07, 6.45) is 2.68. The van der Waals surface area contributed by atoms with Gasteiger partial charge < -0.3 is 16.2 Å². The van der Waals surface area contributed by atoms with Crippen LogP contribution in [-0.4, -0.2) is 23.2 Å². The van der Waals surface area contributed by atoms with Crippen LogP contribution in [0.2, 0.25) is 0 Å². The van der Waals surface area contributed by atoms with Gasteiger partial charge in [0, 0.05) is 19.2 Å². The van der Waals surface area contributed by atoms with Crippen LogP contribution in [0.3, 0.4) is 0 Å². The number of nitrogens with two attached hydrogens (primary N) is 1. The summed E-state index contributed by atoms with van der Waals surface area (Å²) in [5, 5.41) is 11.7. The van der Waals surface area contributed by atoms with Gasteiger partial charge in [-0.1, -0.05) is 0 Å². The van der Waals surface area contributed by atoms with Crippen molar-refractivity contribution in [2.24, 2.45) is 5.41 Å². The summed E-state index contributed by atoms with van der Waals surface area (Å²) in [6.45, 7) is 0.631. The van der Waals surface area contributed by atoms with Crippen molar-refractivity contribution in [1.82, 2.24) is 4.98 Å². The lowest BCUT2D eigenvalue weighted by atomic mass is 10.0. The molecule has 0 aliphatic heterocycles. The summed E-state index contributed by atoms with van der Waals surface area (Å²) in [7, 11) is 0. The van der Waals surface area contributed by atoms with E-state index in [0.717, 1.165) is 18.9 Å². The van der Waals surface area contributed by atoms with Crippen molar-refractivity contribution in [3.63, 3.8) is 0 Å². The predicted octanol–water partition coefficient (Wildman–Crippen LogP) is 1.52. The molecule has 0 spiro atoms. The molecule has 0 atom stereocenters. The molecule has 4 N–H and O–H groups in total. The molecule has 0 bridgehead atoms. The number of aliphatic hydroxyl groups excluding tert-OH is 1. The Hall–Kier alpha value is -1.43. The number of nitrogen functional groups attached to an aromatic ring is 1. The summed E-state index contributed by atoms with van der Waals surface area (Å²) < 4.78 is 26.2. The fraction of sp³-hybridized carbons (Fsp3) is 0.545. The van der Waals surface area contributed by atoms with E-state index in [4.69, 9.17) is 10.8 Å². The van der Waals surface area contributed by atoms with Gasteiger partial charge in [0.05, 0.1) is 0 Å². The predicted molar refractivity (Wildman–Crippen MR) is 60.4 cm³/mol. The normalized spacial score (nSPS) is 16.9. The van der Waals surface area contributed by atoms with Crippen molar-refractivity contribution in [3.8, 4) is 0 Å². The third-order valence-corrected chi connectivity index (χ3v) is 3.19. The molecule has 1 heterocycles. The maximum atomic E-state index is 13.3. The molecule has 0 radical (unpaired) electrons. The van der Waals surface area contributed by atoms with E-state index >= 15 is 0 Å². The first kappa shape index (κ1) is 12.0. The van der Waals surface area contributed by atoms with Gasteiger partial charge in [-0.2, -0.15) is 0 Å². The smallest absolute Gasteiger partial charge is 0.168 e. The van der Waals surface area contributed by atoms with Crippen LogP contribution in [-0.2, 0) is 0 Å². The highest BCUT2D eigenvalue weighted by Gasteiger charge is 2.41. The highest BCUT2D eigenvalue weighted by Crippen LogP contribution is 2.48. The van der Waals surface area contributed by atoms with Crippen molar-refractivity contribution in [2.75, 3.05) is 24.2 Å². The first-order valence-corrected chi connectivity index (χ1v) is 5.53. The molecule has 0 amide bonds. The summed E-state index contributed by atoms with van der Waals surface area (Å²) in [4.78, 5) is 3.62. The number of pyridine rings is 1. The summed E-state index contributed by atoms with van der Waals surface area (Å²) in [5.41, 5.74) is 5.30. The Labute approximate surface area is 97.8 Å². The largest absolute Gasteiger partial charge is 0.396 e. The maximum absolute atomic E-state index is 13.3. The molecule has 1 aliphatic carbocycles. The molecule has 17 heavy (non-hydrogen) atoms. The lowest BCUT2D eigenvalue weighted by Crippen LogP contribution is -2.18. The first-order valence-electron chi connectivity index (χ1n) is 5.53. The molecular formula is C11H15F2N3O. The van der Waals surface area contributed by atoms with Gasteiger partial charge in [-0.05, 0) is 24.7 Å². The average molecular weight is 243 g/mol. The Morgan fingerprint density at radius 3 is 2.71 bits per heavy atom. The van der Waals surface area contributed by atoms with Gasteiger partial charge in [-0.3, -0.25) is 0 Å². The summed E-state index contributed by atoms with van der Waals surface area (Å²) in [6, 6.07) is 0.719. The topological polar surface area (TPSA) is 71.2 Å². The highest BCUT2D eigenvalue weighted by atomic mass is 19.1. The molecule has 1 aromatic heterocycles. The zero-order chi connectivity index (χ0) is 12.5. The Bertz CT molecular complexity index is 421. The van der Waals surface area contributed by atoms with E-state index in [1.807, 2.05) is 0 Å². The third kappa shape index (κ3) is 2.63. The molecule has 1 aromatic rings. The van der Waals surface area contributed by atoms with Crippen molar-refractivity contribution in [3.05, 3.63) is 17.7 Å². The summed E-state index contributed by atoms with van der Waals surface area (Å²) >= 11 is 0. The van der Waals surface area contributed by atoms with E-state index in [1.54, 1.807) is 0 Å². The van der Waals surface area contributed by atoms with Crippen LogP contribution in [0, 0.1) is 17.0 Å². The molecule has 94 valence electrons. The zero-order valence-corrected chi connectivity index (χ0v) is 9.34. The number of rotatable bonds is 5. The molecular weight excluding hydrogens is 228 g/mol. The van der Waals surface area contributed by atoms with E-state index in [2.05, 4.69) is 10.3 Å². The van der Waals surface area contributed by atoms with Crippen molar-refractivity contribution in [2.45, 2.75) is 19.3 Å². The Morgan fingerprint density at radius 2 is 2.12 bits per heavy atom. The van der Waals surface area contributed by atoms with E-state index in [0.29, 0.717) is 13.0 Å². The van der Waals surface area contributed by atoms with Gasteiger partial charge in [0.2, 0.25) is 0 Å². The number of nitrogens with one attached hydrogen (secondary N) is 1. The minimum absolute atomic E-state index is 0.0337. The van der Waals surface area contributed by atoms with Gasteiger partial charge in [-0.25, -0.2) is 13.8 Å². The number of hydrogen-bond acceptors (Lipinski definition) is 4. The van der Waals surface area contributed by atoms with Crippen LogP contribution in [0.1, 0.15) is 19.3 Å². The molecule has 1 fully saturated rings. The van der Waals surface area contributed by atoms with Crippen LogP contribution < -0.4 is 11.1 Å². The van der Waals surface area contributed by atoms with E-state index < -0.39 is 11.6 Å². The van der Waals surface area contributed by atoms with Crippen molar-refractivity contribution in [1.29, 1.82) is 0 Å². The van der Waals surface area contributed by atoms with E-state index in [1.165, 1.54) is 0 Å². The molecule has 0 aromatic carbocycles. The van der Waals surface area contributed by atoms with Gasteiger partial charge in [-0.15, -0.1) is 0 Å². The first-order chi connectivity index (χ1) is 8.06. The maximum Gasteiger partial charge on any atom is 0.168 e. The minimum atomic E-state index is -0.857. The highest BCUT2D eigenvalue weighted by molar-refractivity contribution is 5.45. The van der Waals surface area contributed by atoms with Crippen molar-refractivity contribution < 1.29 is 13.9 Å². The Morgan fingerprint density at radius 1 is 1.41 bits per heavy atom. The fourth-order valence-corrected chi connectivity index (χ4v) is 1.81. The molecule has 0 saturated heterocycles. The lowest BCUT2D eigenvalue weighted by molar-refractivity contribution is 0.253. The van der Waals surface area contributed by atoms with Crippen LogP contribution in [0.15, 0.2) is 6.07 Å². The monoisotopic (exact) mass is 243 g/mol. The van der Waals surface area contributed by atoms with Crippen LogP contribution in [0.5, 0.6) is 0 Å². The molecule has 6 heteroatoms. The van der Waals surface area contributed by atoms with Crippen LogP contribution in [0.25, 0.3) is 0 Å². The fourth-order valence-electron chi connectivity index (χ4n) is 1.81. The van der Waals surface area contributed by atoms with Crippen molar-refractivity contribution >= 4 is 11.6 Å². The standard InChI is InChI=1S/C11H15F2N3O/c12-7-5-8(13)10(16-9(7)14)15-6-11(1-2-11)3-4-17/h5,17H,1-4,6H2,(H3,14,15,16). The second kappa shape index (κ2) is 4.44. The Balaban J connectivity index is 2.02. The number of anilines is 2. The molecule has 0 unspecified atom stereocenters. The van der Waals surface area contributed by atoms with Gasteiger partial charge >= 0.3 is 0 Å². The zero-order valence-electron chi connectivity index (χ0n) is 9.34. The third-order valence-electron chi connectivity index (χ3n) is 3.19. The summed E-state index contributed by atoms with van der Waals surface area (Å²) in [5.74, 6) is -1.96. The number of hydrogen-bond donors (Lipinski definition) is 3. The second-order valence-electron chi connectivity index (χ2n) is 4.51. The van der Waals surface area contributed by atoms with E-state index in [9.17, 15) is 8.78 Å². The SMILES string of the molecule is Nc1nc(NCC2(CCO)CC2)c(F)cc1F. The molecule has 1 aliphatic rings. The lowest BCUT2D eigenvalue weighted by Gasteiger charge is -2.15. The van der Waals surface area contributed by atoms with Crippen LogP contribution >= 0.6 is 0 Å². The number of halogens is 2. The van der Waals surface area contributed by atoms with E-state index in [-0.39, 0.29) is 23.7 Å². The second-order valence-corrected chi connectivity index (χ2v) is 4.51. The molecule has 4 nitrogen and oxygen atoms in total. The average Bonchev–Trinajstić information content (AvgIpc) is 3.03. The van der Waals surface area contributed by atoms with Crippen LogP contribution in [0.4, 0.5) is 20.4 Å². The molecule has 1 saturated carbocycles. The minimum Gasteiger partial charge on any atom is -0.396 e. The molecule has 2 rings (SSSR count). The number of aromatic nitrogens is 1.